The summed E-state index contributed by atoms with van der Waals surface area (Å²) in [4.78, 5) is 2.55. The molecule has 5 heteroatoms. The lowest BCUT2D eigenvalue weighted by atomic mass is 9.96. The van der Waals surface area contributed by atoms with E-state index in [0.717, 1.165) is 19.6 Å². The van der Waals surface area contributed by atoms with Crippen molar-refractivity contribution in [3.63, 3.8) is 0 Å². The summed E-state index contributed by atoms with van der Waals surface area (Å²) in [5.41, 5.74) is 4.32. The molecule has 4 rings (SSSR count). The molecule has 1 aliphatic carbocycles. The lowest BCUT2D eigenvalue weighted by Crippen LogP contribution is -2.23. The van der Waals surface area contributed by atoms with E-state index < -0.39 is 0 Å². The molecule has 0 saturated carbocycles. The second-order valence-corrected chi connectivity index (χ2v) is 6.37. The first-order valence-corrected chi connectivity index (χ1v) is 8.06. The number of nitrogens with zero attached hydrogens (tertiary/aromatic N) is 5. The van der Waals surface area contributed by atoms with E-state index >= 15 is 0 Å². The molecule has 1 aliphatic heterocycles. The standard InChI is InChI=1S/C16H23N5/c1-19-16(14-5-2-3-6-15(14)18-19)12-20-10-7-13(11-20)21-9-4-8-17-21/h4,8-9,13H,2-3,5-7,10-12H2,1H3. The van der Waals surface area contributed by atoms with E-state index in [9.17, 15) is 0 Å². The molecule has 0 bridgehead atoms. The van der Waals surface area contributed by atoms with Gasteiger partial charge in [-0.1, -0.05) is 0 Å². The van der Waals surface area contributed by atoms with Crippen molar-refractivity contribution in [2.24, 2.45) is 7.05 Å². The largest absolute Gasteiger partial charge is 0.295 e. The second-order valence-electron chi connectivity index (χ2n) is 6.37. The van der Waals surface area contributed by atoms with Crippen molar-refractivity contribution in [2.45, 2.75) is 44.7 Å². The Morgan fingerprint density at radius 2 is 2.19 bits per heavy atom. The van der Waals surface area contributed by atoms with Crippen molar-refractivity contribution in [3.05, 3.63) is 35.4 Å². The fraction of sp³-hybridized carbons (Fsp3) is 0.625. The minimum atomic E-state index is 0.532. The van der Waals surface area contributed by atoms with E-state index in [4.69, 9.17) is 5.10 Å². The molecule has 5 nitrogen and oxygen atoms in total. The number of hydrogen-bond donors (Lipinski definition) is 0. The molecule has 2 aromatic rings. The van der Waals surface area contributed by atoms with Crippen molar-refractivity contribution in [2.75, 3.05) is 13.1 Å². The molecular formula is C16H23N5. The van der Waals surface area contributed by atoms with Crippen LogP contribution in [0.1, 0.15) is 42.3 Å². The Bertz CT molecular complexity index is 613. The molecule has 21 heavy (non-hydrogen) atoms. The van der Waals surface area contributed by atoms with Crippen molar-refractivity contribution in [3.8, 4) is 0 Å². The van der Waals surface area contributed by atoms with Crippen LogP contribution in [0.3, 0.4) is 0 Å². The molecular weight excluding hydrogens is 262 g/mol. The Balaban J connectivity index is 1.49. The first-order chi connectivity index (χ1) is 10.3. The van der Waals surface area contributed by atoms with Gasteiger partial charge < -0.3 is 0 Å². The van der Waals surface area contributed by atoms with Gasteiger partial charge >= 0.3 is 0 Å². The second kappa shape index (κ2) is 5.30. The summed E-state index contributed by atoms with van der Waals surface area (Å²) in [5, 5.41) is 9.12. The average molecular weight is 285 g/mol. The van der Waals surface area contributed by atoms with Crippen LogP contribution in [0.4, 0.5) is 0 Å². The van der Waals surface area contributed by atoms with Crippen LogP contribution in [0.5, 0.6) is 0 Å². The smallest absolute Gasteiger partial charge is 0.0659 e. The van der Waals surface area contributed by atoms with E-state index in [1.165, 1.54) is 49.1 Å². The maximum absolute atomic E-state index is 4.73. The van der Waals surface area contributed by atoms with E-state index in [-0.39, 0.29) is 0 Å². The summed E-state index contributed by atoms with van der Waals surface area (Å²) in [6, 6.07) is 2.55. The molecule has 1 atom stereocenters. The van der Waals surface area contributed by atoms with Crippen molar-refractivity contribution < 1.29 is 0 Å². The molecule has 3 heterocycles. The number of likely N-dealkylation sites (tertiary alicyclic amines) is 1. The summed E-state index contributed by atoms with van der Waals surface area (Å²) in [5.74, 6) is 0. The highest BCUT2D eigenvalue weighted by molar-refractivity contribution is 5.28. The third-order valence-electron chi connectivity index (χ3n) is 4.97. The summed E-state index contributed by atoms with van der Waals surface area (Å²) in [7, 11) is 2.11. The molecule has 1 unspecified atom stereocenters. The summed E-state index contributed by atoms with van der Waals surface area (Å²) in [6.45, 7) is 3.29. The van der Waals surface area contributed by atoms with Gasteiger partial charge in [-0.2, -0.15) is 10.2 Å². The molecule has 0 aromatic carbocycles. The van der Waals surface area contributed by atoms with Crippen LogP contribution >= 0.6 is 0 Å². The Kier molecular flexibility index (Phi) is 3.30. The monoisotopic (exact) mass is 285 g/mol. The zero-order chi connectivity index (χ0) is 14.2. The minimum absolute atomic E-state index is 0.532. The summed E-state index contributed by atoms with van der Waals surface area (Å²) >= 11 is 0. The highest BCUT2D eigenvalue weighted by Gasteiger charge is 2.27. The Morgan fingerprint density at radius 3 is 3.05 bits per heavy atom. The van der Waals surface area contributed by atoms with Crippen LogP contribution < -0.4 is 0 Å². The predicted molar refractivity (Wildman–Crippen MR) is 81.0 cm³/mol. The molecule has 112 valence electrons. The SMILES string of the molecule is Cn1nc2c(c1CN1CCC(n3cccn3)C1)CCCC2. The quantitative estimate of drug-likeness (QED) is 0.865. The van der Waals surface area contributed by atoms with E-state index in [2.05, 4.69) is 32.6 Å². The molecule has 2 aromatic heterocycles. The first kappa shape index (κ1) is 13.1. The average Bonchev–Trinajstić information content (AvgIpc) is 3.20. The van der Waals surface area contributed by atoms with E-state index in [1.807, 2.05) is 12.3 Å². The first-order valence-electron chi connectivity index (χ1n) is 8.06. The fourth-order valence-corrected chi connectivity index (χ4v) is 3.83. The highest BCUT2D eigenvalue weighted by atomic mass is 15.3. The number of rotatable bonds is 3. The molecule has 1 saturated heterocycles. The van der Waals surface area contributed by atoms with Crippen molar-refractivity contribution in [1.29, 1.82) is 0 Å². The lowest BCUT2D eigenvalue weighted by molar-refractivity contribution is 0.302. The predicted octanol–water partition coefficient (Wildman–Crippen LogP) is 1.94. The van der Waals surface area contributed by atoms with Gasteiger partial charge in [0.05, 0.1) is 17.4 Å². The molecule has 0 radical (unpaired) electrons. The molecule has 0 spiro atoms. The Hall–Kier alpha value is -1.62. The summed E-state index contributed by atoms with van der Waals surface area (Å²) < 4.78 is 4.23. The van der Waals surface area contributed by atoms with Gasteiger partial charge in [0.2, 0.25) is 0 Å². The fourth-order valence-electron chi connectivity index (χ4n) is 3.83. The Labute approximate surface area is 125 Å². The maximum atomic E-state index is 4.73. The number of hydrogen-bond acceptors (Lipinski definition) is 3. The normalized spacial score (nSPS) is 22.6. The molecule has 2 aliphatic rings. The number of aryl methyl sites for hydroxylation is 2. The Morgan fingerprint density at radius 1 is 1.29 bits per heavy atom. The molecule has 1 fully saturated rings. The third-order valence-corrected chi connectivity index (χ3v) is 4.97. The highest BCUT2D eigenvalue weighted by Crippen LogP contribution is 2.27. The lowest BCUT2D eigenvalue weighted by Gasteiger charge is -2.18. The van der Waals surface area contributed by atoms with Crippen LogP contribution in [0.25, 0.3) is 0 Å². The number of aromatic nitrogens is 4. The van der Waals surface area contributed by atoms with Gasteiger partial charge in [0, 0.05) is 39.1 Å². The minimum Gasteiger partial charge on any atom is -0.295 e. The number of fused-ring (bicyclic) bond motifs is 1. The van der Waals surface area contributed by atoms with Gasteiger partial charge in [-0.15, -0.1) is 0 Å². The maximum Gasteiger partial charge on any atom is 0.0659 e. The van der Waals surface area contributed by atoms with Crippen LogP contribution in [0.2, 0.25) is 0 Å². The van der Waals surface area contributed by atoms with Gasteiger partial charge in [0.25, 0.3) is 0 Å². The molecule has 0 amide bonds. The molecule has 0 N–H and O–H groups in total. The van der Waals surface area contributed by atoms with Gasteiger partial charge in [0.15, 0.2) is 0 Å². The zero-order valence-corrected chi connectivity index (χ0v) is 12.7. The zero-order valence-electron chi connectivity index (χ0n) is 12.7. The van der Waals surface area contributed by atoms with Gasteiger partial charge in [-0.25, -0.2) is 0 Å². The van der Waals surface area contributed by atoms with Gasteiger partial charge in [-0.05, 0) is 43.7 Å². The van der Waals surface area contributed by atoms with Gasteiger partial charge in [-0.3, -0.25) is 14.3 Å². The van der Waals surface area contributed by atoms with Crippen LogP contribution in [0.15, 0.2) is 18.5 Å². The van der Waals surface area contributed by atoms with E-state index in [0.29, 0.717) is 6.04 Å². The van der Waals surface area contributed by atoms with Crippen LogP contribution in [0, 0.1) is 0 Å². The van der Waals surface area contributed by atoms with Crippen molar-refractivity contribution in [1.82, 2.24) is 24.5 Å². The van der Waals surface area contributed by atoms with Crippen molar-refractivity contribution >= 4 is 0 Å². The third kappa shape index (κ3) is 2.39. The topological polar surface area (TPSA) is 38.9 Å². The van der Waals surface area contributed by atoms with E-state index in [1.54, 1.807) is 0 Å². The summed E-state index contributed by atoms with van der Waals surface area (Å²) in [6.07, 6.45) is 10.2. The van der Waals surface area contributed by atoms with Crippen LogP contribution in [-0.2, 0) is 26.4 Å². The van der Waals surface area contributed by atoms with Gasteiger partial charge in [0.1, 0.15) is 0 Å². The van der Waals surface area contributed by atoms with Crippen LogP contribution in [-0.4, -0.2) is 37.6 Å².